The van der Waals surface area contributed by atoms with Crippen LogP contribution >= 0.6 is 0 Å². The summed E-state index contributed by atoms with van der Waals surface area (Å²) >= 11 is 0. The molecule has 0 fully saturated rings. The summed E-state index contributed by atoms with van der Waals surface area (Å²) in [5, 5.41) is 8.52. The molecule has 0 rings (SSSR count). The van der Waals surface area contributed by atoms with Gasteiger partial charge in [-0.2, -0.15) is 0 Å². The van der Waals surface area contributed by atoms with Crippen molar-refractivity contribution >= 4 is 8.32 Å². The Kier molecular flexibility index (Phi) is 24.4. The quantitative estimate of drug-likeness (QED) is 0.586. The molecule has 13 heavy (non-hydrogen) atoms. The van der Waals surface area contributed by atoms with Gasteiger partial charge in [0.15, 0.2) is 8.32 Å². The minimum absolute atomic E-state index is 0. The van der Waals surface area contributed by atoms with E-state index in [0.29, 0.717) is 0 Å². The van der Waals surface area contributed by atoms with Gasteiger partial charge in [-0.15, -0.1) is 0 Å². The average Bonchev–Trinajstić information content (AvgIpc) is 1.12. The second kappa shape index (κ2) is 10.8. The third-order valence-electron chi connectivity index (χ3n) is 0. The standard InChI is InChI=1S/C4H10O.C3H10OSi.2H2O.Ti/c1-4(2,3)5;1-5(2,3)4;;;/h5H,1-3H3;4H,1-3H3;2*1H2;. The van der Waals surface area contributed by atoms with Gasteiger partial charge in [0, 0.05) is 21.7 Å². The van der Waals surface area contributed by atoms with Crippen molar-refractivity contribution in [1.29, 1.82) is 0 Å². The first-order valence-corrected chi connectivity index (χ1v) is 6.89. The first-order valence-electron chi connectivity index (χ1n) is 3.45. The number of hydrogen-bond acceptors (Lipinski definition) is 2. The molecule has 0 aliphatic carbocycles. The van der Waals surface area contributed by atoms with E-state index in [1.807, 2.05) is 19.6 Å². The Bertz CT molecular complexity index is 63.5. The van der Waals surface area contributed by atoms with Crippen molar-refractivity contribution in [2.24, 2.45) is 0 Å². The van der Waals surface area contributed by atoms with E-state index in [-0.39, 0.29) is 32.7 Å². The normalized spacial score (nSPS) is 9.23. The summed E-state index contributed by atoms with van der Waals surface area (Å²) in [4.78, 5) is 8.66. The minimum atomic E-state index is -1.61. The van der Waals surface area contributed by atoms with Crippen LogP contribution in [0, 0.1) is 0 Å². The summed E-state index contributed by atoms with van der Waals surface area (Å²) in [6, 6.07) is 0. The minimum Gasteiger partial charge on any atom is -0.433 e. The molecule has 0 saturated heterocycles. The molecule has 0 aliphatic rings. The van der Waals surface area contributed by atoms with Gasteiger partial charge < -0.3 is 20.9 Å². The molecule has 0 aromatic rings. The largest absolute Gasteiger partial charge is 0.433 e. The van der Waals surface area contributed by atoms with Crippen LogP contribution < -0.4 is 0 Å². The first kappa shape index (κ1) is 29.2. The van der Waals surface area contributed by atoms with Crippen LogP contribution in [0.5, 0.6) is 0 Å². The van der Waals surface area contributed by atoms with Gasteiger partial charge in [-0.3, -0.25) is 0 Å². The molecule has 6 heteroatoms. The van der Waals surface area contributed by atoms with Crippen molar-refractivity contribution in [1.82, 2.24) is 0 Å². The molecule has 0 amide bonds. The second-order valence-corrected chi connectivity index (χ2v) is 8.68. The summed E-state index contributed by atoms with van der Waals surface area (Å²) in [6.07, 6.45) is 0. The molecule has 0 aromatic heterocycles. The van der Waals surface area contributed by atoms with E-state index in [1.54, 1.807) is 20.8 Å². The summed E-state index contributed by atoms with van der Waals surface area (Å²) in [5.74, 6) is 0. The molecule has 0 unspecified atom stereocenters. The van der Waals surface area contributed by atoms with Gasteiger partial charge in [0.25, 0.3) is 0 Å². The van der Waals surface area contributed by atoms with E-state index in [0.717, 1.165) is 0 Å². The predicted octanol–water partition coefficient (Wildman–Crippen LogP) is -0.0611. The predicted molar refractivity (Wildman–Crippen MR) is 54.8 cm³/mol. The van der Waals surface area contributed by atoms with Gasteiger partial charge in [0.05, 0.1) is 5.60 Å². The molecule has 0 atom stereocenters. The van der Waals surface area contributed by atoms with Gasteiger partial charge in [0.2, 0.25) is 0 Å². The maximum Gasteiger partial charge on any atom is 0.179 e. The maximum atomic E-state index is 8.66. The van der Waals surface area contributed by atoms with E-state index in [1.165, 1.54) is 0 Å². The Morgan fingerprint density at radius 2 is 0.923 bits per heavy atom. The molecule has 0 spiro atoms. The number of hydrogen-bond donors (Lipinski definition) is 2. The molecule has 0 aliphatic heterocycles. The molecule has 0 aromatic carbocycles. The van der Waals surface area contributed by atoms with Gasteiger partial charge in [-0.05, 0) is 40.4 Å². The van der Waals surface area contributed by atoms with Crippen LogP contribution in [0.15, 0.2) is 0 Å². The van der Waals surface area contributed by atoms with Crippen molar-refractivity contribution in [2.75, 3.05) is 0 Å². The van der Waals surface area contributed by atoms with Crippen LogP contribution in [0.2, 0.25) is 19.6 Å². The Morgan fingerprint density at radius 3 is 0.923 bits per heavy atom. The van der Waals surface area contributed by atoms with Crippen LogP contribution in [0.25, 0.3) is 0 Å². The fourth-order valence-electron chi connectivity index (χ4n) is 0. The molecule has 0 saturated carbocycles. The topological polar surface area (TPSA) is 103 Å². The van der Waals surface area contributed by atoms with Crippen LogP contribution in [0.1, 0.15) is 20.8 Å². The number of aliphatic hydroxyl groups is 1. The summed E-state index contributed by atoms with van der Waals surface area (Å²) < 4.78 is 0. The van der Waals surface area contributed by atoms with Gasteiger partial charge in [0.1, 0.15) is 0 Å². The van der Waals surface area contributed by atoms with E-state index < -0.39 is 13.9 Å². The van der Waals surface area contributed by atoms with Crippen LogP contribution in [-0.2, 0) is 21.7 Å². The van der Waals surface area contributed by atoms with Crippen LogP contribution in [-0.4, -0.2) is 34.8 Å². The molecule has 0 heterocycles. The monoisotopic (exact) mass is 248 g/mol. The average molecular weight is 248 g/mol. The zero-order valence-corrected chi connectivity index (χ0v) is 12.0. The third kappa shape index (κ3) is 2490. The Hall–Kier alpha value is 0.771. The molecule has 6 N–H and O–H groups in total. The number of rotatable bonds is 0. The SMILES string of the molecule is CC(C)(C)O.C[Si](C)(C)O.O.O.[Ti]. The van der Waals surface area contributed by atoms with Crippen molar-refractivity contribution < 1.29 is 42.6 Å². The third-order valence-corrected chi connectivity index (χ3v) is 0. The Morgan fingerprint density at radius 1 is 0.923 bits per heavy atom. The van der Waals surface area contributed by atoms with Crippen molar-refractivity contribution in [3.63, 3.8) is 0 Å². The van der Waals surface area contributed by atoms with E-state index in [9.17, 15) is 0 Å². The Labute approximate surface area is 97.0 Å². The van der Waals surface area contributed by atoms with Crippen molar-refractivity contribution in [2.45, 2.75) is 46.0 Å². The van der Waals surface area contributed by atoms with Gasteiger partial charge >= 0.3 is 0 Å². The summed E-state index contributed by atoms with van der Waals surface area (Å²) in [7, 11) is -1.61. The van der Waals surface area contributed by atoms with E-state index in [4.69, 9.17) is 9.90 Å². The smallest absolute Gasteiger partial charge is 0.179 e. The second-order valence-electron chi connectivity index (χ2n) is 4.34. The fraction of sp³-hybridized carbons (Fsp3) is 1.00. The van der Waals surface area contributed by atoms with Crippen molar-refractivity contribution in [3.8, 4) is 0 Å². The van der Waals surface area contributed by atoms with Crippen LogP contribution in [0.4, 0.5) is 0 Å². The van der Waals surface area contributed by atoms with Gasteiger partial charge in [-0.25, -0.2) is 0 Å². The molecule has 0 radical (unpaired) electrons. The molecular weight excluding hydrogens is 224 g/mol. The summed E-state index contributed by atoms with van der Waals surface area (Å²) in [6.45, 7) is 10.9. The molecule has 4 nitrogen and oxygen atoms in total. The van der Waals surface area contributed by atoms with Crippen LogP contribution in [0.3, 0.4) is 0 Å². The summed E-state index contributed by atoms with van der Waals surface area (Å²) in [5.41, 5.74) is -0.500. The molecular formula is C7H24O4SiTi. The molecule has 84 valence electrons. The van der Waals surface area contributed by atoms with Crippen molar-refractivity contribution in [3.05, 3.63) is 0 Å². The zero-order chi connectivity index (χ0) is 9.00. The van der Waals surface area contributed by atoms with E-state index in [2.05, 4.69) is 0 Å². The molecule has 0 bridgehead atoms. The maximum absolute atomic E-state index is 8.66. The van der Waals surface area contributed by atoms with Gasteiger partial charge in [-0.1, -0.05) is 0 Å². The fourth-order valence-corrected chi connectivity index (χ4v) is 0. The zero-order valence-electron chi connectivity index (χ0n) is 9.39. The first-order chi connectivity index (χ1) is 4.00. The van der Waals surface area contributed by atoms with E-state index >= 15 is 0 Å². The Balaban J connectivity index is -0.0000000267.